The molecule has 10 heteroatoms. The molecule has 1 amide bonds. The standard InChI is InChI=1S/C27H34BrFN3O5/c1-16-8-9-19(13-20(16)29)22(36-21-12-17(2)24(28)30-23(21)25(33)35-7)15-31-10-11-32(18(3)14-31)26(34)37-27(4,5)6/h8-9,12-13,22H,10-11,14-15H2,1-7H3/q+1/t22-/m0/s1. The quantitative estimate of drug-likeness (QED) is 0.263. The molecule has 200 valence electrons. The maximum Gasteiger partial charge on any atom is 0.596 e. The Labute approximate surface area is 225 Å². The number of esters is 1. The van der Waals surface area contributed by atoms with Gasteiger partial charge in [0.1, 0.15) is 22.1 Å². The van der Waals surface area contributed by atoms with Crippen LogP contribution in [0.5, 0.6) is 5.75 Å². The molecule has 2 aromatic rings. The molecule has 0 spiro atoms. The van der Waals surface area contributed by atoms with Crippen molar-refractivity contribution in [3.8, 4) is 5.75 Å². The van der Waals surface area contributed by atoms with Crippen LogP contribution >= 0.6 is 15.9 Å². The third kappa shape index (κ3) is 7.35. The molecule has 0 radical (unpaired) electrons. The van der Waals surface area contributed by atoms with Crippen molar-refractivity contribution in [3.63, 3.8) is 0 Å². The third-order valence-corrected chi connectivity index (χ3v) is 6.73. The molecule has 8 nitrogen and oxygen atoms in total. The number of amides is 1. The van der Waals surface area contributed by atoms with Crippen LogP contribution in [0.15, 0.2) is 28.9 Å². The number of aryl methyl sites for hydroxylation is 2. The van der Waals surface area contributed by atoms with Gasteiger partial charge in [-0.2, -0.15) is 4.79 Å². The number of rotatable bonds is 6. The summed E-state index contributed by atoms with van der Waals surface area (Å²) in [5, 5.41) is 0. The van der Waals surface area contributed by atoms with Crippen LogP contribution < -0.4 is 4.74 Å². The lowest BCUT2D eigenvalue weighted by atomic mass is 10.1. The molecule has 0 aliphatic carbocycles. The maximum atomic E-state index is 14.5. The average Bonchev–Trinajstić information content (AvgIpc) is 2.81. The summed E-state index contributed by atoms with van der Waals surface area (Å²) in [5.41, 5.74) is 2.19. The van der Waals surface area contributed by atoms with Crippen molar-refractivity contribution in [1.29, 1.82) is 0 Å². The fourth-order valence-corrected chi connectivity index (χ4v) is 4.24. The molecule has 37 heavy (non-hydrogen) atoms. The SMILES string of the molecule is COC(=O)c1nc(Br)c(C)cc1O[C@@H](CN1CC[N+](C(=O)OC(C)(C)C)=C(C)C1)c1ccc(C)c(F)c1. The number of carbonyl (C=O) groups is 2. The van der Waals surface area contributed by atoms with Gasteiger partial charge in [0.05, 0.1) is 20.2 Å². The largest absolute Gasteiger partial charge is 0.596 e. The van der Waals surface area contributed by atoms with Gasteiger partial charge in [0.2, 0.25) is 0 Å². The molecule has 1 atom stereocenters. The average molecular weight is 579 g/mol. The van der Waals surface area contributed by atoms with E-state index in [1.54, 1.807) is 23.6 Å². The summed E-state index contributed by atoms with van der Waals surface area (Å²) in [4.78, 5) is 31.5. The van der Waals surface area contributed by atoms with E-state index in [0.717, 1.165) is 11.3 Å². The van der Waals surface area contributed by atoms with Gasteiger partial charge < -0.3 is 14.2 Å². The van der Waals surface area contributed by atoms with Crippen molar-refractivity contribution < 1.29 is 32.8 Å². The first-order chi connectivity index (χ1) is 17.3. The molecule has 1 aromatic carbocycles. The van der Waals surface area contributed by atoms with Crippen LogP contribution in [-0.4, -0.2) is 71.1 Å². The van der Waals surface area contributed by atoms with Crippen molar-refractivity contribution in [2.24, 2.45) is 0 Å². The van der Waals surface area contributed by atoms with E-state index < -0.39 is 17.7 Å². The molecule has 1 aromatic heterocycles. The van der Waals surface area contributed by atoms with Gasteiger partial charge in [-0.15, -0.1) is 4.58 Å². The number of halogens is 2. The van der Waals surface area contributed by atoms with Gasteiger partial charge in [0, 0.05) is 13.5 Å². The number of nitrogens with zero attached hydrogens (tertiary/aromatic N) is 3. The van der Waals surface area contributed by atoms with Gasteiger partial charge in [0.25, 0.3) is 0 Å². The second-order valence-electron chi connectivity index (χ2n) is 10.2. The number of methoxy groups -OCH3 is 1. The molecule has 1 aliphatic heterocycles. The normalized spacial score (nSPS) is 15.4. The molecule has 0 N–H and O–H groups in total. The van der Waals surface area contributed by atoms with Crippen LogP contribution in [0.2, 0.25) is 0 Å². The number of benzene rings is 1. The third-order valence-electron chi connectivity index (χ3n) is 5.92. The molecule has 0 saturated carbocycles. The summed E-state index contributed by atoms with van der Waals surface area (Å²) >= 11 is 3.35. The lowest BCUT2D eigenvalue weighted by Crippen LogP contribution is -2.48. The van der Waals surface area contributed by atoms with Gasteiger partial charge in [0.15, 0.2) is 23.7 Å². The van der Waals surface area contributed by atoms with Crippen molar-refractivity contribution >= 4 is 33.7 Å². The summed E-state index contributed by atoms with van der Waals surface area (Å²) in [6.07, 6.45) is -1.00. The summed E-state index contributed by atoms with van der Waals surface area (Å²) < 4.78 is 33.5. The molecule has 0 saturated heterocycles. The molecular weight excluding hydrogens is 545 g/mol. The van der Waals surface area contributed by atoms with E-state index in [4.69, 9.17) is 14.2 Å². The van der Waals surface area contributed by atoms with E-state index in [2.05, 4.69) is 25.8 Å². The van der Waals surface area contributed by atoms with E-state index in [-0.39, 0.29) is 23.4 Å². The molecular formula is C27H34BrFN3O5+. The Bertz CT molecular complexity index is 1230. The van der Waals surface area contributed by atoms with Gasteiger partial charge >= 0.3 is 12.1 Å². The molecule has 0 bridgehead atoms. The van der Waals surface area contributed by atoms with Crippen molar-refractivity contribution in [2.45, 2.75) is 53.2 Å². The first-order valence-electron chi connectivity index (χ1n) is 12.0. The minimum Gasteiger partial charge on any atom is -0.482 e. The Hall–Kier alpha value is -2.85. The Morgan fingerprint density at radius 1 is 1.19 bits per heavy atom. The predicted molar refractivity (Wildman–Crippen MR) is 141 cm³/mol. The van der Waals surface area contributed by atoms with Gasteiger partial charge in [-0.1, -0.05) is 12.1 Å². The van der Waals surface area contributed by atoms with Crippen LogP contribution in [0, 0.1) is 19.7 Å². The van der Waals surface area contributed by atoms with E-state index >= 15 is 0 Å². The summed E-state index contributed by atoms with van der Waals surface area (Å²) in [5.74, 6) is -0.742. The molecule has 0 fully saturated rings. The van der Waals surface area contributed by atoms with Crippen molar-refractivity contribution in [2.75, 3.05) is 33.3 Å². The summed E-state index contributed by atoms with van der Waals surface area (Å²) in [6, 6.07) is 6.67. The maximum absolute atomic E-state index is 14.5. The van der Waals surface area contributed by atoms with Crippen LogP contribution in [0.1, 0.15) is 61.0 Å². The van der Waals surface area contributed by atoms with Crippen LogP contribution in [0.25, 0.3) is 0 Å². The van der Waals surface area contributed by atoms with E-state index in [9.17, 15) is 14.0 Å². The van der Waals surface area contributed by atoms with Crippen LogP contribution in [0.4, 0.5) is 9.18 Å². The zero-order valence-corrected chi connectivity index (χ0v) is 23.9. The lowest BCUT2D eigenvalue weighted by molar-refractivity contribution is -0.458. The Morgan fingerprint density at radius 3 is 2.49 bits per heavy atom. The van der Waals surface area contributed by atoms with E-state index in [1.165, 1.54) is 13.2 Å². The number of aromatic nitrogens is 1. The smallest absolute Gasteiger partial charge is 0.482 e. The summed E-state index contributed by atoms with van der Waals surface area (Å²) in [6.45, 7) is 12.8. The van der Waals surface area contributed by atoms with Crippen LogP contribution in [-0.2, 0) is 9.47 Å². The topological polar surface area (TPSA) is 81.0 Å². The molecule has 0 unspecified atom stereocenters. The van der Waals surface area contributed by atoms with Gasteiger partial charge in [-0.05, 0) is 79.4 Å². The molecule has 2 heterocycles. The Balaban J connectivity index is 1.92. The first-order valence-corrected chi connectivity index (χ1v) is 12.8. The second kappa shape index (κ2) is 11.7. The minimum absolute atomic E-state index is 0.0232. The fraction of sp³-hybridized carbons (Fsp3) is 0.481. The predicted octanol–water partition coefficient (Wildman–Crippen LogP) is 5.23. The Morgan fingerprint density at radius 2 is 1.89 bits per heavy atom. The first kappa shape index (κ1) is 28.7. The highest BCUT2D eigenvalue weighted by atomic mass is 79.9. The zero-order chi connectivity index (χ0) is 27.5. The number of carbonyl (C=O) groups excluding carboxylic acids is 2. The lowest BCUT2D eigenvalue weighted by Gasteiger charge is -2.30. The van der Waals surface area contributed by atoms with E-state index in [1.807, 2.05) is 40.7 Å². The Kier molecular flexibility index (Phi) is 9.07. The highest BCUT2D eigenvalue weighted by Crippen LogP contribution is 2.30. The number of hydrogen-bond acceptors (Lipinski definition) is 7. The number of ether oxygens (including phenoxy) is 3. The van der Waals surface area contributed by atoms with Crippen molar-refractivity contribution in [1.82, 2.24) is 9.88 Å². The highest BCUT2D eigenvalue weighted by molar-refractivity contribution is 9.10. The number of hydrogen-bond donors (Lipinski definition) is 0. The fourth-order valence-electron chi connectivity index (χ4n) is 3.95. The zero-order valence-electron chi connectivity index (χ0n) is 22.4. The second-order valence-corrected chi connectivity index (χ2v) is 10.9. The van der Waals surface area contributed by atoms with E-state index in [0.29, 0.717) is 41.9 Å². The monoisotopic (exact) mass is 578 g/mol. The van der Waals surface area contributed by atoms with Gasteiger partial charge in [-0.3, -0.25) is 4.90 Å². The molecule has 1 aliphatic rings. The highest BCUT2D eigenvalue weighted by Gasteiger charge is 2.34. The minimum atomic E-state index is -0.639. The van der Waals surface area contributed by atoms with Gasteiger partial charge in [-0.25, -0.2) is 14.2 Å². The summed E-state index contributed by atoms with van der Waals surface area (Å²) in [7, 11) is 1.27. The molecule has 3 rings (SSSR count). The van der Waals surface area contributed by atoms with Crippen molar-refractivity contribution in [3.05, 3.63) is 57.1 Å². The number of pyridine rings is 1. The van der Waals surface area contributed by atoms with Crippen LogP contribution in [0.3, 0.4) is 0 Å².